The van der Waals surface area contributed by atoms with Crippen molar-refractivity contribution in [3.8, 4) is 0 Å². The van der Waals surface area contributed by atoms with Crippen molar-refractivity contribution < 1.29 is 27.1 Å². The number of carbonyl (C=O) groups excluding carboxylic acids is 1. The van der Waals surface area contributed by atoms with Crippen LogP contribution in [0.3, 0.4) is 0 Å². The van der Waals surface area contributed by atoms with Gasteiger partial charge in [-0.15, -0.1) is 11.3 Å². The van der Waals surface area contributed by atoms with Gasteiger partial charge in [-0.05, 0) is 32.9 Å². The highest BCUT2D eigenvalue weighted by atomic mass is 32.2. The number of ether oxygens (including phenoxy) is 1. The summed E-state index contributed by atoms with van der Waals surface area (Å²) in [6.07, 6.45) is -5.78. The SMILES string of the molecule is CC(C)(C)OC(=O)N(Sc1ccc(F)c(C(F)(F)F)n1)c1cscn1. The minimum Gasteiger partial charge on any atom is -0.443 e. The molecule has 0 aliphatic heterocycles. The number of alkyl halides is 3. The average Bonchev–Trinajstić information content (AvgIpc) is 2.97. The van der Waals surface area contributed by atoms with Crippen molar-refractivity contribution in [2.75, 3.05) is 4.31 Å². The van der Waals surface area contributed by atoms with Gasteiger partial charge in [0.2, 0.25) is 0 Å². The van der Waals surface area contributed by atoms with E-state index < -0.39 is 29.4 Å². The van der Waals surface area contributed by atoms with Crippen molar-refractivity contribution in [1.82, 2.24) is 9.97 Å². The second-order valence-corrected chi connectivity index (χ2v) is 7.38. The van der Waals surface area contributed by atoms with E-state index in [1.54, 1.807) is 20.8 Å². The summed E-state index contributed by atoms with van der Waals surface area (Å²) in [5, 5.41) is 1.29. The molecule has 0 radical (unpaired) electrons. The van der Waals surface area contributed by atoms with Crippen molar-refractivity contribution in [3.05, 3.63) is 34.5 Å². The Morgan fingerprint density at radius 1 is 1.28 bits per heavy atom. The quantitative estimate of drug-likeness (QED) is 0.532. The van der Waals surface area contributed by atoms with Crippen LogP contribution in [0.15, 0.2) is 28.0 Å². The van der Waals surface area contributed by atoms with Gasteiger partial charge in [0, 0.05) is 17.3 Å². The lowest BCUT2D eigenvalue weighted by Gasteiger charge is -2.25. The molecule has 0 unspecified atom stereocenters. The Morgan fingerprint density at radius 3 is 2.48 bits per heavy atom. The Balaban J connectivity index is 2.33. The van der Waals surface area contributed by atoms with Gasteiger partial charge in [0.25, 0.3) is 0 Å². The summed E-state index contributed by atoms with van der Waals surface area (Å²) in [6, 6.07) is 1.69. The molecule has 0 aliphatic carbocycles. The molecule has 2 heterocycles. The first-order chi connectivity index (χ1) is 11.5. The molecular weight excluding hydrogens is 382 g/mol. The largest absolute Gasteiger partial charge is 0.443 e. The van der Waals surface area contributed by atoms with E-state index in [0.717, 1.165) is 10.4 Å². The van der Waals surface area contributed by atoms with Crippen molar-refractivity contribution in [2.24, 2.45) is 0 Å². The maximum Gasteiger partial charge on any atom is 0.436 e. The molecule has 0 aliphatic rings. The summed E-state index contributed by atoms with van der Waals surface area (Å²) < 4.78 is 57.9. The summed E-state index contributed by atoms with van der Waals surface area (Å²) in [5.74, 6) is -1.32. The standard InChI is InChI=1S/C14H13F4N3O2S2/c1-13(2,3)23-12(22)21(9-6-24-7-19-9)25-10-5-4-8(15)11(20-10)14(16,17)18/h4-7H,1-3H3. The van der Waals surface area contributed by atoms with Crippen LogP contribution in [0.2, 0.25) is 0 Å². The Kier molecular flexibility index (Phi) is 5.57. The van der Waals surface area contributed by atoms with Crippen LogP contribution in [-0.2, 0) is 10.9 Å². The third-order valence-electron chi connectivity index (χ3n) is 2.46. The van der Waals surface area contributed by atoms with E-state index in [9.17, 15) is 22.4 Å². The van der Waals surface area contributed by atoms with Crippen LogP contribution in [0, 0.1) is 5.82 Å². The van der Waals surface area contributed by atoms with E-state index in [1.807, 2.05) is 0 Å². The zero-order valence-corrected chi connectivity index (χ0v) is 14.9. The fourth-order valence-corrected chi connectivity index (χ4v) is 2.89. The van der Waals surface area contributed by atoms with E-state index in [-0.39, 0.29) is 10.8 Å². The predicted molar refractivity (Wildman–Crippen MR) is 85.9 cm³/mol. The highest BCUT2D eigenvalue weighted by Crippen LogP contribution is 2.34. The van der Waals surface area contributed by atoms with Gasteiger partial charge in [-0.25, -0.2) is 19.2 Å². The summed E-state index contributed by atoms with van der Waals surface area (Å²) >= 11 is 1.75. The third-order valence-corrected chi connectivity index (χ3v) is 3.97. The number of thiazole rings is 1. The Labute approximate surface area is 149 Å². The van der Waals surface area contributed by atoms with Gasteiger partial charge >= 0.3 is 12.3 Å². The molecular formula is C14H13F4N3O2S2. The van der Waals surface area contributed by atoms with Crippen LogP contribution < -0.4 is 4.31 Å². The normalized spacial score (nSPS) is 12.1. The maximum atomic E-state index is 13.3. The molecule has 0 N–H and O–H groups in total. The van der Waals surface area contributed by atoms with Gasteiger partial charge in [-0.1, -0.05) is 0 Å². The predicted octanol–water partition coefficient (Wildman–Crippen LogP) is 5.14. The first-order valence-corrected chi connectivity index (χ1v) is 8.52. The van der Waals surface area contributed by atoms with Gasteiger partial charge < -0.3 is 4.74 Å². The minimum absolute atomic E-state index is 0.170. The molecule has 0 spiro atoms. The number of pyridine rings is 1. The van der Waals surface area contributed by atoms with Crippen molar-refractivity contribution >= 4 is 35.2 Å². The topological polar surface area (TPSA) is 55.3 Å². The fraction of sp³-hybridized carbons (Fsp3) is 0.357. The highest BCUT2D eigenvalue weighted by Gasteiger charge is 2.37. The molecule has 11 heteroatoms. The lowest BCUT2D eigenvalue weighted by atomic mass is 10.2. The van der Waals surface area contributed by atoms with Crippen LogP contribution >= 0.6 is 23.3 Å². The summed E-state index contributed by atoms with van der Waals surface area (Å²) in [4.78, 5) is 19.5. The van der Waals surface area contributed by atoms with Crippen LogP contribution in [-0.4, -0.2) is 21.7 Å². The second kappa shape index (κ2) is 7.16. The second-order valence-electron chi connectivity index (χ2n) is 5.69. The molecule has 25 heavy (non-hydrogen) atoms. The molecule has 2 aromatic heterocycles. The van der Waals surface area contributed by atoms with E-state index >= 15 is 0 Å². The molecule has 0 fully saturated rings. The van der Waals surface area contributed by atoms with E-state index in [0.29, 0.717) is 18.0 Å². The first-order valence-electron chi connectivity index (χ1n) is 6.80. The number of hydrogen-bond acceptors (Lipinski definition) is 6. The number of hydrogen-bond donors (Lipinski definition) is 0. The van der Waals surface area contributed by atoms with Gasteiger partial charge in [0.05, 0.1) is 5.51 Å². The monoisotopic (exact) mass is 395 g/mol. The number of amides is 1. The fourth-order valence-electron chi connectivity index (χ4n) is 1.55. The molecule has 0 atom stereocenters. The summed E-state index contributed by atoms with van der Waals surface area (Å²) in [7, 11) is 0. The van der Waals surface area contributed by atoms with E-state index in [1.165, 1.54) is 22.2 Å². The lowest BCUT2D eigenvalue weighted by molar-refractivity contribution is -0.144. The van der Waals surface area contributed by atoms with Crippen LogP contribution in [0.25, 0.3) is 0 Å². The van der Waals surface area contributed by atoms with Crippen molar-refractivity contribution in [2.45, 2.75) is 37.6 Å². The minimum atomic E-state index is -4.95. The van der Waals surface area contributed by atoms with Crippen LogP contribution in [0.5, 0.6) is 0 Å². The highest BCUT2D eigenvalue weighted by molar-refractivity contribution is 8.01. The molecule has 136 valence electrons. The smallest absolute Gasteiger partial charge is 0.436 e. The molecule has 2 rings (SSSR count). The number of halogens is 4. The number of rotatable bonds is 3. The average molecular weight is 395 g/mol. The van der Waals surface area contributed by atoms with Crippen molar-refractivity contribution in [3.63, 3.8) is 0 Å². The van der Waals surface area contributed by atoms with Crippen LogP contribution in [0.4, 0.5) is 28.2 Å². The number of anilines is 1. The van der Waals surface area contributed by atoms with Gasteiger partial charge in [-0.2, -0.15) is 17.5 Å². The Bertz CT molecular complexity index is 746. The molecule has 0 bridgehead atoms. The molecule has 5 nitrogen and oxygen atoms in total. The van der Waals surface area contributed by atoms with Gasteiger partial charge in [-0.3, -0.25) is 0 Å². The number of carbonyl (C=O) groups is 1. The zero-order valence-electron chi connectivity index (χ0n) is 13.3. The van der Waals surface area contributed by atoms with Gasteiger partial charge in [0.15, 0.2) is 17.3 Å². The van der Waals surface area contributed by atoms with Crippen LogP contribution in [0.1, 0.15) is 26.5 Å². The first kappa shape index (κ1) is 19.4. The molecule has 1 amide bonds. The Hall–Kier alpha value is -1.88. The van der Waals surface area contributed by atoms with E-state index in [2.05, 4.69) is 9.97 Å². The maximum absolute atomic E-state index is 13.3. The molecule has 0 aromatic carbocycles. The third kappa shape index (κ3) is 5.30. The van der Waals surface area contributed by atoms with Crippen molar-refractivity contribution in [1.29, 1.82) is 0 Å². The number of nitrogens with zero attached hydrogens (tertiary/aromatic N) is 3. The van der Waals surface area contributed by atoms with Gasteiger partial charge in [0.1, 0.15) is 10.6 Å². The Morgan fingerprint density at radius 2 is 1.96 bits per heavy atom. The molecule has 2 aromatic rings. The summed E-state index contributed by atoms with van der Waals surface area (Å²) in [5.41, 5.74) is -1.02. The van der Waals surface area contributed by atoms with E-state index in [4.69, 9.17) is 4.74 Å². The molecule has 0 saturated carbocycles. The molecule has 0 saturated heterocycles. The summed E-state index contributed by atoms with van der Waals surface area (Å²) in [6.45, 7) is 4.94. The number of aromatic nitrogens is 2. The lowest BCUT2D eigenvalue weighted by Crippen LogP contribution is -2.33. The zero-order chi connectivity index (χ0) is 18.8.